The number of nitrogens with one attached hydrogen (secondary N) is 2. The van der Waals surface area contributed by atoms with Crippen LogP contribution in [-0.2, 0) is 4.74 Å². The molecule has 1 aromatic carbocycles. The van der Waals surface area contributed by atoms with E-state index >= 15 is 0 Å². The van der Waals surface area contributed by atoms with E-state index in [-0.39, 0.29) is 11.7 Å². The minimum Gasteiger partial charge on any atom is -0.383 e. The van der Waals surface area contributed by atoms with E-state index in [1.807, 2.05) is 31.2 Å². The van der Waals surface area contributed by atoms with Crippen molar-refractivity contribution in [2.45, 2.75) is 6.92 Å². The molecule has 0 saturated carbocycles. The normalized spacial score (nSPS) is 10.4. The second-order valence-electron chi connectivity index (χ2n) is 4.48. The average Bonchev–Trinajstić information content (AvgIpc) is 2.80. The van der Waals surface area contributed by atoms with Crippen molar-refractivity contribution >= 4 is 33.9 Å². The molecule has 112 valence electrons. The molecular weight excluding hydrogens is 288 g/mol. The summed E-state index contributed by atoms with van der Waals surface area (Å²) in [5, 5.41) is 6.49. The lowest BCUT2D eigenvalue weighted by molar-refractivity contribution is 0.103. The van der Waals surface area contributed by atoms with Crippen molar-refractivity contribution in [3.8, 4) is 0 Å². The standard InChI is InChI=1S/C14H18N4O2S/c1-9-4-3-5-10(8-9)17-13(19)11-12(15)18-14(21-11)16-6-7-20-2/h3-5,8H,6-7,15H2,1-2H3,(H,16,18)(H,17,19). The molecular formula is C14H18N4O2S. The molecule has 0 aliphatic carbocycles. The molecule has 1 aromatic heterocycles. The van der Waals surface area contributed by atoms with Gasteiger partial charge in [0.05, 0.1) is 6.61 Å². The van der Waals surface area contributed by atoms with Gasteiger partial charge >= 0.3 is 0 Å². The summed E-state index contributed by atoms with van der Waals surface area (Å²) in [5.74, 6) is -0.0274. The summed E-state index contributed by atoms with van der Waals surface area (Å²) >= 11 is 1.23. The van der Waals surface area contributed by atoms with Gasteiger partial charge in [-0.05, 0) is 24.6 Å². The summed E-state index contributed by atoms with van der Waals surface area (Å²) in [5.41, 5.74) is 7.61. The fraction of sp³-hybridized carbons (Fsp3) is 0.286. The Morgan fingerprint density at radius 2 is 2.29 bits per heavy atom. The van der Waals surface area contributed by atoms with Crippen LogP contribution in [-0.4, -0.2) is 31.2 Å². The number of benzene rings is 1. The van der Waals surface area contributed by atoms with E-state index in [2.05, 4.69) is 15.6 Å². The summed E-state index contributed by atoms with van der Waals surface area (Å²) in [6.45, 7) is 3.14. The quantitative estimate of drug-likeness (QED) is 0.713. The molecule has 0 spiro atoms. The Morgan fingerprint density at radius 1 is 1.48 bits per heavy atom. The van der Waals surface area contributed by atoms with Gasteiger partial charge in [0, 0.05) is 19.3 Å². The van der Waals surface area contributed by atoms with Crippen molar-refractivity contribution in [2.24, 2.45) is 0 Å². The lowest BCUT2D eigenvalue weighted by Gasteiger charge is -2.04. The summed E-state index contributed by atoms with van der Waals surface area (Å²) < 4.78 is 4.94. The Hall–Kier alpha value is -2.12. The Balaban J connectivity index is 2.05. The van der Waals surface area contributed by atoms with Crippen molar-refractivity contribution < 1.29 is 9.53 Å². The fourth-order valence-electron chi connectivity index (χ4n) is 1.74. The maximum absolute atomic E-state index is 12.2. The molecule has 0 aliphatic heterocycles. The lowest BCUT2D eigenvalue weighted by Crippen LogP contribution is -2.12. The van der Waals surface area contributed by atoms with Crippen LogP contribution in [0, 0.1) is 6.92 Å². The number of methoxy groups -OCH3 is 1. The molecule has 1 heterocycles. The van der Waals surface area contributed by atoms with Crippen LogP contribution in [0.3, 0.4) is 0 Å². The number of nitrogen functional groups attached to an aromatic ring is 1. The van der Waals surface area contributed by atoms with E-state index in [0.29, 0.717) is 23.2 Å². The first-order valence-corrected chi connectivity index (χ1v) is 7.29. The second kappa shape index (κ2) is 7.05. The maximum Gasteiger partial charge on any atom is 0.269 e. The minimum absolute atomic E-state index is 0.227. The number of nitrogens with zero attached hydrogens (tertiary/aromatic N) is 1. The van der Waals surface area contributed by atoms with E-state index in [1.54, 1.807) is 7.11 Å². The molecule has 0 aliphatic rings. The number of carbonyl (C=O) groups is 1. The third-order valence-electron chi connectivity index (χ3n) is 2.72. The number of rotatable bonds is 6. The summed E-state index contributed by atoms with van der Waals surface area (Å²) in [6, 6.07) is 7.58. The minimum atomic E-state index is -0.254. The Kier molecular flexibility index (Phi) is 5.13. The van der Waals surface area contributed by atoms with E-state index in [0.717, 1.165) is 11.3 Å². The monoisotopic (exact) mass is 306 g/mol. The van der Waals surface area contributed by atoms with Crippen LogP contribution in [0.2, 0.25) is 0 Å². The van der Waals surface area contributed by atoms with Gasteiger partial charge in [0.2, 0.25) is 0 Å². The van der Waals surface area contributed by atoms with Crippen molar-refractivity contribution in [3.63, 3.8) is 0 Å². The van der Waals surface area contributed by atoms with Crippen molar-refractivity contribution in [1.29, 1.82) is 0 Å². The van der Waals surface area contributed by atoms with Crippen LogP contribution in [0.1, 0.15) is 15.2 Å². The zero-order valence-corrected chi connectivity index (χ0v) is 12.8. The van der Waals surface area contributed by atoms with Gasteiger partial charge in [-0.25, -0.2) is 4.98 Å². The molecule has 21 heavy (non-hydrogen) atoms. The molecule has 4 N–H and O–H groups in total. The Labute approximate surface area is 127 Å². The summed E-state index contributed by atoms with van der Waals surface area (Å²) in [7, 11) is 1.62. The largest absolute Gasteiger partial charge is 0.383 e. The van der Waals surface area contributed by atoms with E-state index in [1.165, 1.54) is 11.3 Å². The van der Waals surface area contributed by atoms with Crippen molar-refractivity contribution in [1.82, 2.24) is 4.98 Å². The second-order valence-corrected chi connectivity index (χ2v) is 5.48. The highest BCUT2D eigenvalue weighted by molar-refractivity contribution is 7.18. The predicted octanol–water partition coefficient (Wildman–Crippen LogP) is 2.34. The molecule has 7 heteroatoms. The SMILES string of the molecule is COCCNc1nc(N)c(C(=O)Nc2cccc(C)c2)s1. The molecule has 2 rings (SSSR count). The van der Waals surface area contributed by atoms with Crippen LogP contribution >= 0.6 is 11.3 Å². The number of nitrogens with two attached hydrogens (primary N) is 1. The number of ether oxygens (including phenoxy) is 1. The molecule has 2 aromatic rings. The number of aromatic nitrogens is 1. The average molecular weight is 306 g/mol. The Morgan fingerprint density at radius 3 is 3.00 bits per heavy atom. The lowest BCUT2D eigenvalue weighted by atomic mass is 10.2. The molecule has 0 atom stereocenters. The summed E-state index contributed by atoms with van der Waals surface area (Å²) in [4.78, 5) is 16.7. The number of hydrogen-bond acceptors (Lipinski definition) is 6. The molecule has 0 radical (unpaired) electrons. The van der Waals surface area contributed by atoms with Crippen molar-refractivity contribution in [3.05, 3.63) is 34.7 Å². The Bertz CT molecular complexity index is 627. The molecule has 0 bridgehead atoms. The fourth-order valence-corrected chi connectivity index (χ4v) is 2.55. The van der Waals surface area contributed by atoms with Crippen LogP contribution < -0.4 is 16.4 Å². The van der Waals surface area contributed by atoms with E-state index < -0.39 is 0 Å². The van der Waals surface area contributed by atoms with Crippen LogP contribution in [0.25, 0.3) is 0 Å². The third kappa shape index (κ3) is 4.17. The highest BCUT2D eigenvalue weighted by atomic mass is 32.1. The zero-order chi connectivity index (χ0) is 15.2. The van der Waals surface area contributed by atoms with Gasteiger partial charge in [-0.15, -0.1) is 0 Å². The van der Waals surface area contributed by atoms with Gasteiger partial charge in [0.15, 0.2) is 5.13 Å². The first-order chi connectivity index (χ1) is 10.1. The number of anilines is 3. The van der Waals surface area contributed by atoms with E-state index in [4.69, 9.17) is 10.5 Å². The summed E-state index contributed by atoms with van der Waals surface area (Å²) in [6.07, 6.45) is 0. The van der Waals surface area contributed by atoms with Gasteiger partial charge < -0.3 is 21.1 Å². The van der Waals surface area contributed by atoms with Crippen LogP contribution in [0.4, 0.5) is 16.6 Å². The smallest absolute Gasteiger partial charge is 0.269 e. The van der Waals surface area contributed by atoms with Gasteiger partial charge in [0.1, 0.15) is 10.7 Å². The van der Waals surface area contributed by atoms with Crippen LogP contribution in [0.5, 0.6) is 0 Å². The first kappa shape index (κ1) is 15.3. The van der Waals surface area contributed by atoms with E-state index in [9.17, 15) is 4.79 Å². The predicted molar refractivity (Wildman–Crippen MR) is 86.0 cm³/mol. The molecule has 0 unspecified atom stereocenters. The highest BCUT2D eigenvalue weighted by Crippen LogP contribution is 2.25. The van der Waals surface area contributed by atoms with Gasteiger partial charge in [0.25, 0.3) is 5.91 Å². The zero-order valence-electron chi connectivity index (χ0n) is 12.0. The third-order valence-corrected chi connectivity index (χ3v) is 3.75. The molecule has 0 saturated heterocycles. The van der Waals surface area contributed by atoms with Gasteiger partial charge in [-0.1, -0.05) is 23.5 Å². The molecule has 6 nitrogen and oxygen atoms in total. The maximum atomic E-state index is 12.2. The number of thiazole rings is 1. The topological polar surface area (TPSA) is 89.3 Å². The number of amides is 1. The van der Waals surface area contributed by atoms with Gasteiger partial charge in [-0.3, -0.25) is 4.79 Å². The van der Waals surface area contributed by atoms with Crippen LogP contribution in [0.15, 0.2) is 24.3 Å². The molecule has 0 fully saturated rings. The number of hydrogen-bond donors (Lipinski definition) is 3. The highest BCUT2D eigenvalue weighted by Gasteiger charge is 2.16. The van der Waals surface area contributed by atoms with Gasteiger partial charge in [-0.2, -0.15) is 0 Å². The first-order valence-electron chi connectivity index (χ1n) is 6.47. The number of carbonyl (C=O) groups excluding carboxylic acids is 1. The molecule has 1 amide bonds. The van der Waals surface area contributed by atoms with Crippen molar-refractivity contribution in [2.75, 3.05) is 36.6 Å². The number of aryl methyl sites for hydroxylation is 1.